The first-order valence-electron chi connectivity index (χ1n) is 7.03. The average Bonchev–Trinajstić information content (AvgIpc) is 2.95. The number of benzene rings is 2. The summed E-state index contributed by atoms with van der Waals surface area (Å²) in [6, 6.07) is 14.7. The Morgan fingerprint density at radius 2 is 1.95 bits per heavy atom. The molecular weight excluding hydrogens is 248 g/mol. The molecule has 2 unspecified atom stereocenters. The molecule has 0 aliphatic heterocycles. The highest BCUT2D eigenvalue weighted by Crippen LogP contribution is 2.30. The Kier molecular flexibility index (Phi) is 3.58. The van der Waals surface area contributed by atoms with E-state index in [1.807, 2.05) is 30.3 Å². The van der Waals surface area contributed by atoms with Crippen LogP contribution < -0.4 is 5.32 Å². The Hall–Kier alpha value is -2.05. The molecule has 1 aliphatic carbocycles. The van der Waals surface area contributed by atoms with Crippen molar-refractivity contribution >= 4 is 16.5 Å². The minimum atomic E-state index is 0.372. The minimum absolute atomic E-state index is 0.372. The Bertz CT molecular complexity index is 660. The molecule has 1 aliphatic rings. The Balaban J connectivity index is 1.91. The maximum atomic E-state index is 9.19. The summed E-state index contributed by atoms with van der Waals surface area (Å²) in [5.41, 5.74) is 1.84. The predicted molar refractivity (Wildman–Crippen MR) is 80.7 cm³/mol. The van der Waals surface area contributed by atoms with Gasteiger partial charge in [-0.15, -0.1) is 0 Å². The quantitative estimate of drug-likeness (QED) is 0.921. The van der Waals surface area contributed by atoms with E-state index in [1.54, 1.807) is 7.11 Å². The number of hydrogen-bond acceptors (Lipinski definition) is 3. The topological polar surface area (TPSA) is 45.0 Å². The molecule has 0 radical (unpaired) electrons. The lowest BCUT2D eigenvalue weighted by Crippen LogP contribution is -2.17. The van der Waals surface area contributed by atoms with Crippen LogP contribution in [-0.2, 0) is 4.74 Å². The molecule has 1 saturated carbocycles. The van der Waals surface area contributed by atoms with Gasteiger partial charge in [0.2, 0.25) is 0 Å². The normalized spacial score (nSPS) is 21.8. The van der Waals surface area contributed by atoms with E-state index in [4.69, 9.17) is 4.74 Å². The van der Waals surface area contributed by atoms with Crippen molar-refractivity contribution in [2.24, 2.45) is 0 Å². The van der Waals surface area contributed by atoms with E-state index >= 15 is 0 Å². The number of ether oxygens (including phenoxy) is 1. The largest absolute Gasteiger partial charge is 0.382 e. The van der Waals surface area contributed by atoms with Gasteiger partial charge < -0.3 is 10.1 Å². The van der Waals surface area contributed by atoms with Crippen molar-refractivity contribution in [2.45, 2.75) is 31.4 Å². The molecule has 3 heteroatoms. The van der Waals surface area contributed by atoms with Crippen LogP contribution in [0.15, 0.2) is 36.4 Å². The molecule has 2 aromatic carbocycles. The molecule has 1 fully saturated rings. The summed E-state index contributed by atoms with van der Waals surface area (Å²) in [4.78, 5) is 0. The van der Waals surface area contributed by atoms with Crippen molar-refractivity contribution in [1.29, 1.82) is 5.26 Å². The molecule has 2 aromatic rings. The number of methoxy groups -OCH3 is 1. The number of nitriles is 1. The number of rotatable bonds is 3. The number of nitrogens with one attached hydrogen (secondary N) is 1. The van der Waals surface area contributed by atoms with Gasteiger partial charge in [0.15, 0.2) is 0 Å². The van der Waals surface area contributed by atoms with E-state index in [-0.39, 0.29) is 0 Å². The second kappa shape index (κ2) is 5.52. The minimum Gasteiger partial charge on any atom is -0.382 e. The van der Waals surface area contributed by atoms with Crippen LogP contribution in [-0.4, -0.2) is 19.3 Å². The SMILES string of the molecule is COC1CCC(Nc2ccc(C#N)c3ccccc23)C1. The molecule has 20 heavy (non-hydrogen) atoms. The number of fused-ring (bicyclic) bond motifs is 1. The molecule has 0 saturated heterocycles. The number of nitrogens with zero attached hydrogens (tertiary/aromatic N) is 1. The van der Waals surface area contributed by atoms with Crippen LogP contribution in [0.3, 0.4) is 0 Å². The highest BCUT2D eigenvalue weighted by Gasteiger charge is 2.24. The third-order valence-electron chi connectivity index (χ3n) is 4.12. The monoisotopic (exact) mass is 266 g/mol. The van der Waals surface area contributed by atoms with E-state index in [2.05, 4.69) is 17.5 Å². The molecule has 102 valence electrons. The maximum Gasteiger partial charge on any atom is 0.0998 e. The summed E-state index contributed by atoms with van der Waals surface area (Å²) >= 11 is 0. The maximum absolute atomic E-state index is 9.19. The van der Waals surface area contributed by atoms with Gasteiger partial charge in [0.1, 0.15) is 0 Å². The van der Waals surface area contributed by atoms with Crippen molar-refractivity contribution in [1.82, 2.24) is 0 Å². The molecule has 0 bridgehead atoms. The summed E-state index contributed by atoms with van der Waals surface area (Å²) in [6.45, 7) is 0. The van der Waals surface area contributed by atoms with Crippen molar-refractivity contribution in [3.63, 3.8) is 0 Å². The fourth-order valence-electron chi connectivity index (χ4n) is 3.03. The van der Waals surface area contributed by atoms with Crippen molar-refractivity contribution < 1.29 is 4.74 Å². The van der Waals surface area contributed by atoms with Gasteiger partial charge in [-0.2, -0.15) is 5.26 Å². The first kappa shape index (κ1) is 13.0. The zero-order chi connectivity index (χ0) is 13.9. The van der Waals surface area contributed by atoms with Crippen LogP contribution in [0.2, 0.25) is 0 Å². The van der Waals surface area contributed by atoms with Crippen LogP contribution in [0.25, 0.3) is 10.8 Å². The standard InChI is InChI=1S/C17H18N2O/c1-20-14-8-7-13(10-14)19-17-9-6-12(11-18)15-4-2-3-5-16(15)17/h2-6,9,13-14,19H,7-8,10H2,1H3. The molecule has 2 atom stereocenters. The molecule has 1 N–H and O–H groups in total. The van der Waals surface area contributed by atoms with Crippen LogP contribution >= 0.6 is 0 Å². The van der Waals surface area contributed by atoms with Gasteiger partial charge in [-0.05, 0) is 31.4 Å². The molecule has 3 rings (SSSR count). The van der Waals surface area contributed by atoms with Crippen molar-refractivity contribution in [3.05, 3.63) is 42.0 Å². The summed E-state index contributed by atoms with van der Waals surface area (Å²) in [5.74, 6) is 0. The van der Waals surface area contributed by atoms with Gasteiger partial charge in [-0.25, -0.2) is 0 Å². The summed E-state index contributed by atoms with van der Waals surface area (Å²) in [6.07, 6.45) is 3.66. The highest BCUT2D eigenvalue weighted by molar-refractivity contribution is 5.97. The third kappa shape index (κ3) is 2.35. The molecule has 3 nitrogen and oxygen atoms in total. The second-order valence-electron chi connectivity index (χ2n) is 5.33. The first-order chi connectivity index (χ1) is 9.81. The fraction of sp³-hybridized carbons (Fsp3) is 0.353. The summed E-state index contributed by atoms with van der Waals surface area (Å²) in [7, 11) is 1.78. The van der Waals surface area contributed by atoms with Crippen LogP contribution in [0, 0.1) is 11.3 Å². The van der Waals surface area contributed by atoms with Gasteiger partial charge >= 0.3 is 0 Å². The Labute approximate surface area is 119 Å². The first-order valence-corrected chi connectivity index (χ1v) is 7.03. The number of anilines is 1. The van der Waals surface area contributed by atoms with Gasteiger partial charge in [0.25, 0.3) is 0 Å². The van der Waals surface area contributed by atoms with E-state index in [9.17, 15) is 5.26 Å². The zero-order valence-corrected chi connectivity index (χ0v) is 11.6. The van der Waals surface area contributed by atoms with Gasteiger partial charge in [-0.1, -0.05) is 24.3 Å². The van der Waals surface area contributed by atoms with Crippen LogP contribution in [0.1, 0.15) is 24.8 Å². The zero-order valence-electron chi connectivity index (χ0n) is 11.6. The number of hydrogen-bond donors (Lipinski definition) is 1. The second-order valence-corrected chi connectivity index (χ2v) is 5.33. The van der Waals surface area contributed by atoms with Gasteiger partial charge in [-0.3, -0.25) is 0 Å². The molecule has 0 aromatic heterocycles. The third-order valence-corrected chi connectivity index (χ3v) is 4.12. The van der Waals surface area contributed by atoms with Crippen LogP contribution in [0.4, 0.5) is 5.69 Å². The fourth-order valence-corrected chi connectivity index (χ4v) is 3.03. The van der Waals surface area contributed by atoms with E-state index in [0.29, 0.717) is 12.1 Å². The van der Waals surface area contributed by atoms with Crippen LogP contribution in [0.5, 0.6) is 0 Å². The smallest absolute Gasteiger partial charge is 0.0998 e. The lowest BCUT2D eigenvalue weighted by molar-refractivity contribution is 0.108. The van der Waals surface area contributed by atoms with Crippen molar-refractivity contribution in [3.8, 4) is 6.07 Å². The molecular formula is C17H18N2O. The lowest BCUT2D eigenvalue weighted by atomic mass is 10.0. The van der Waals surface area contributed by atoms with Gasteiger partial charge in [0.05, 0.1) is 17.7 Å². The predicted octanol–water partition coefficient (Wildman–Crippen LogP) is 3.69. The summed E-state index contributed by atoms with van der Waals surface area (Å²) < 4.78 is 5.42. The average molecular weight is 266 g/mol. The van der Waals surface area contributed by atoms with E-state index in [0.717, 1.165) is 41.3 Å². The van der Waals surface area contributed by atoms with E-state index in [1.165, 1.54) is 0 Å². The van der Waals surface area contributed by atoms with Gasteiger partial charge in [0, 0.05) is 29.6 Å². The lowest BCUT2D eigenvalue weighted by Gasteiger charge is -2.16. The Morgan fingerprint density at radius 1 is 1.15 bits per heavy atom. The van der Waals surface area contributed by atoms with Crippen molar-refractivity contribution in [2.75, 3.05) is 12.4 Å². The molecule has 0 heterocycles. The molecule has 0 spiro atoms. The summed E-state index contributed by atoms with van der Waals surface area (Å²) in [5, 5.41) is 14.9. The highest BCUT2D eigenvalue weighted by atomic mass is 16.5. The Morgan fingerprint density at radius 3 is 2.65 bits per heavy atom. The molecule has 0 amide bonds. The van der Waals surface area contributed by atoms with E-state index < -0.39 is 0 Å².